The SMILES string of the molecule is Cc1cnc(NC(=O)N[C@@H](CCO)C(=O)O)s1. The Morgan fingerprint density at radius 3 is 2.76 bits per heavy atom. The van der Waals surface area contributed by atoms with Gasteiger partial charge in [0, 0.05) is 24.1 Å². The first-order chi connectivity index (χ1) is 8.02. The van der Waals surface area contributed by atoms with E-state index < -0.39 is 18.0 Å². The third-order valence-electron chi connectivity index (χ3n) is 1.86. The lowest BCUT2D eigenvalue weighted by Crippen LogP contribution is -2.43. The topological polar surface area (TPSA) is 112 Å². The molecule has 0 aliphatic carbocycles. The van der Waals surface area contributed by atoms with E-state index in [-0.39, 0.29) is 13.0 Å². The van der Waals surface area contributed by atoms with Crippen LogP contribution in [0.15, 0.2) is 6.20 Å². The van der Waals surface area contributed by atoms with Crippen LogP contribution < -0.4 is 10.6 Å². The quantitative estimate of drug-likeness (QED) is 0.612. The van der Waals surface area contributed by atoms with Gasteiger partial charge in [-0.3, -0.25) is 5.32 Å². The lowest BCUT2D eigenvalue weighted by atomic mass is 10.2. The smallest absolute Gasteiger partial charge is 0.326 e. The van der Waals surface area contributed by atoms with Gasteiger partial charge in [0.15, 0.2) is 5.13 Å². The molecule has 0 aliphatic heterocycles. The maximum absolute atomic E-state index is 11.4. The summed E-state index contributed by atoms with van der Waals surface area (Å²) in [7, 11) is 0. The number of aliphatic hydroxyl groups is 1. The van der Waals surface area contributed by atoms with Crippen LogP contribution >= 0.6 is 11.3 Å². The average molecular weight is 259 g/mol. The number of hydrogen-bond acceptors (Lipinski definition) is 5. The summed E-state index contributed by atoms with van der Waals surface area (Å²) in [5.74, 6) is -1.19. The number of amides is 2. The van der Waals surface area contributed by atoms with Crippen LogP contribution in [-0.2, 0) is 4.79 Å². The van der Waals surface area contributed by atoms with E-state index in [1.807, 2.05) is 6.92 Å². The third kappa shape index (κ3) is 4.37. The van der Waals surface area contributed by atoms with Gasteiger partial charge in [0.25, 0.3) is 0 Å². The molecule has 7 nitrogen and oxygen atoms in total. The van der Waals surface area contributed by atoms with Gasteiger partial charge in [-0.2, -0.15) is 0 Å². The Labute approximate surface area is 101 Å². The Kier molecular flexibility index (Phi) is 4.85. The molecule has 8 heteroatoms. The number of carboxylic acids is 1. The summed E-state index contributed by atoms with van der Waals surface area (Å²) in [6, 6.07) is -1.76. The second-order valence-corrected chi connectivity index (χ2v) is 4.51. The number of anilines is 1. The monoisotopic (exact) mass is 259 g/mol. The largest absolute Gasteiger partial charge is 0.480 e. The zero-order valence-electron chi connectivity index (χ0n) is 9.14. The number of rotatable bonds is 5. The van der Waals surface area contributed by atoms with Crippen LogP contribution in [0.1, 0.15) is 11.3 Å². The second-order valence-electron chi connectivity index (χ2n) is 3.28. The fourth-order valence-electron chi connectivity index (χ4n) is 1.09. The predicted molar refractivity (Wildman–Crippen MR) is 62.1 cm³/mol. The zero-order valence-corrected chi connectivity index (χ0v) is 9.95. The third-order valence-corrected chi connectivity index (χ3v) is 2.69. The van der Waals surface area contributed by atoms with E-state index in [9.17, 15) is 9.59 Å². The first-order valence-electron chi connectivity index (χ1n) is 4.86. The van der Waals surface area contributed by atoms with E-state index in [0.29, 0.717) is 5.13 Å². The van der Waals surface area contributed by atoms with Crippen LogP contribution in [0.4, 0.5) is 9.93 Å². The molecule has 1 rings (SSSR count). The summed E-state index contributed by atoms with van der Waals surface area (Å²) in [6.45, 7) is 1.53. The molecule has 0 radical (unpaired) electrons. The highest BCUT2D eigenvalue weighted by Crippen LogP contribution is 2.16. The van der Waals surface area contributed by atoms with Gasteiger partial charge in [-0.1, -0.05) is 0 Å². The summed E-state index contributed by atoms with van der Waals surface area (Å²) in [5, 5.41) is 22.5. The molecule has 0 aromatic carbocycles. The van der Waals surface area contributed by atoms with Crippen molar-refractivity contribution in [1.29, 1.82) is 0 Å². The summed E-state index contributed by atoms with van der Waals surface area (Å²) >= 11 is 1.29. The van der Waals surface area contributed by atoms with Gasteiger partial charge in [0.05, 0.1) is 0 Å². The number of nitrogens with zero attached hydrogens (tertiary/aromatic N) is 1. The van der Waals surface area contributed by atoms with Crippen molar-refractivity contribution in [3.63, 3.8) is 0 Å². The minimum atomic E-state index is -1.19. The standard InChI is InChI=1S/C9H13N3O4S/c1-5-4-10-9(17-5)12-8(16)11-6(2-3-13)7(14)15/h4,6,13H,2-3H2,1H3,(H,14,15)(H2,10,11,12,16)/t6-/m0/s1. The molecule has 2 amide bonds. The van der Waals surface area contributed by atoms with Gasteiger partial charge in [0.1, 0.15) is 6.04 Å². The molecule has 0 unspecified atom stereocenters. The van der Waals surface area contributed by atoms with Crippen LogP contribution in [0.5, 0.6) is 0 Å². The zero-order chi connectivity index (χ0) is 12.8. The number of aliphatic carboxylic acids is 1. The Morgan fingerprint density at radius 2 is 2.29 bits per heavy atom. The Hall–Kier alpha value is -1.67. The minimum Gasteiger partial charge on any atom is -0.480 e. The molecule has 1 aromatic rings. The van der Waals surface area contributed by atoms with Crippen LogP contribution in [0.3, 0.4) is 0 Å². The fourth-order valence-corrected chi connectivity index (χ4v) is 1.75. The highest BCUT2D eigenvalue weighted by molar-refractivity contribution is 7.15. The molecule has 1 heterocycles. The van der Waals surface area contributed by atoms with E-state index >= 15 is 0 Å². The number of carbonyl (C=O) groups is 2. The molecule has 0 aliphatic rings. The Morgan fingerprint density at radius 1 is 1.59 bits per heavy atom. The number of aryl methyl sites for hydroxylation is 1. The molecular formula is C9H13N3O4S. The molecule has 1 atom stereocenters. The normalized spacial score (nSPS) is 11.9. The van der Waals surface area contributed by atoms with Crippen LogP contribution in [0.2, 0.25) is 0 Å². The summed E-state index contributed by atoms with van der Waals surface area (Å²) in [6.07, 6.45) is 1.56. The van der Waals surface area contributed by atoms with Crippen molar-refractivity contribution in [3.8, 4) is 0 Å². The van der Waals surface area contributed by atoms with Crippen molar-refractivity contribution in [1.82, 2.24) is 10.3 Å². The number of carboxylic acid groups (broad SMARTS) is 1. The van der Waals surface area contributed by atoms with Gasteiger partial charge in [-0.25, -0.2) is 14.6 Å². The highest BCUT2D eigenvalue weighted by atomic mass is 32.1. The lowest BCUT2D eigenvalue weighted by molar-refractivity contribution is -0.139. The molecule has 94 valence electrons. The van der Waals surface area contributed by atoms with Crippen molar-refractivity contribution in [2.45, 2.75) is 19.4 Å². The average Bonchev–Trinajstić information content (AvgIpc) is 2.63. The molecule has 17 heavy (non-hydrogen) atoms. The predicted octanol–water partition coefficient (Wildman–Crippen LogP) is 0.409. The number of aromatic nitrogens is 1. The molecule has 0 spiro atoms. The van der Waals surface area contributed by atoms with Crippen LogP contribution in [0, 0.1) is 6.92 Å². The highest BCUT2D eigenvalue weighted by Gasteiger charge is 2.19. The number of nitrogens with one attached hydrogen (secondary N) is 2. The van der Waals surface area contributed by atoms with E-state index in [0.717, 1.165) is 4.88 Å². The van der Waals surface area contributed by atoms with Crippen molar-refractivity contribution < 1.29 is 19.8 Å². The number of urea groups is 1. The van der Waals surface area contributed by atoms with Gasteiger partial charge in [-0.15, -0.1) is 11.3 Å². The molecular weight excluding hydrogens is 246 g/mol. The summed E-state index contributed by atoms with van der Waals surface area (Å²) < 4.78 is 0. The van der Waals surface area contributed by atoms with Crippen molar-refractivity contribution in [3.05, 3.63) is 11.1 Å². The maximum atomic E-state index is 11.4. The van der Waals surface area contributed by atoms with E-state index in [1.165, 1.54) is 11.3 Å². The first kappa shape index (κ1) is 13.4. The lowest BCUT2D eigenvalue weighted by Gasteiger charge is -2.12. The molecule has 1 aromatic heterocycles. The van der Waals surface area contributed by atoms with Gasteiger partial charge < -0.3 is 15.5 Å². The van der Waals surface area contributed by atoms with Crippen molar-refractivity contribution >= 4 is 28.5 Å². The fraction of sp³-hybridized carbons (Fsp3) is 0.444. The summed E-state index contributed by atoms with van der Waals surface area (Å²) in [5.41, 5.74) is 0. The molecule has 0 saturated heterocycles. The number of hydrogen-bond donors (Lipinski definition) is 4. The van der Waals surface area contributed by atoms with E-state index in [2.05, 4.69) is 15.6 Å². The minimum absolute atomic E-state index is 0.0420. The van der Waals surface area contributed by atoms with Gasteiger partial charge >= 0.3 is 12.0 Å². The van der Waals surface area contributed by atoms with E-state index in [4.69, 9.17) is 10.2 Å². The maximum Gasteiger partial charge on any atom is 0.326 e. The van der Waals surface area contributed by atoms with Crippen molar-refractivity contribution in [2.24, 2.45) is 0 Å². The summed E-state index contributed by atoms with van der Waals surface area (Å²) in [4.78, 5) is 27.0. The van der Waals surface area contributed by atoms with Crippen LogP contribution in [0.25, 0.3) is 0 Å². The Bertz CT molecular complexity index is 407. The van der Waals surface area contributed by atoms with Crippen LogP contribution in [-0.4, -0.2) is 39.8 Å². The second kappa shape index (κ2) is 6.16. The van der Waals surface area contributed by atoms with Crippen molar-refractivity contribution in [2.75, 3.05) is 11.9 Å². The molecule has 0 saturated carbocycles. The number of aliphatic hydroxyl groups excluding tert-OH is 1. The Balaban J connectivity index is 2.50. The molecule has 4 N–H and O–H groups in total. The van der Waals surface area contributed by atoms with E-state index in [1.54, 1.807) is 6.20 Å². The number of carbonyl (C=O) groups excluding carboxylic acids is 1. The molecule has 0 fully saturated rings. The van der Waals surface area contributed by atoms with Gasteiger partial charge in [0.2, 0.25) is 0 Å². The number of thiazole rings is 1. The van der Waals surface area contributed by atoms with Gasteiger partial charge in [-0.05, 0) is 6.92 Å². The first-order valence-corrected chi connectivity index (χ1v) is 5.68. The molecule has 0 bridgehead atoms.